The maximum atomic E-state index is 13.3. The van der Waals surface area contributed by atoms with E-state index < -0.39 is 0 Å². The Morgan fingerprint density at radius 3 is 2.34 bits per heavy atom. The van der Waals surface area contributed by atoms with Gasteiger partial charge in [-0.05, 0) is 49.6 Å². The molecule has 0 aliphatic rings. The van der Waals surface area contributed by atoms with E-state index in [2.05, 4.69) is 11.4 Å². The lowest BCUT2D eigenvalue weighted by molar-refractivity contribution is -0.117. The van der Waals surface area contributed by atoms with Crippen LogP contribution in [0.25, 0.3) is 16.9 Å². The summed E-state index contributed by atoms with van der Waals surface area (Å²) in [7, 11) is 0. The average molecular weight is 550 g/mol. The molecule has 1 aromatic heterocycles. The maximum absolute atomic E-state index is 13.3. The second kappa shape index (κ2) is 11.8. The van der Waals surface area contributed by atoms with Crippen LogP contribution in [0, 0.1) is 19.8 Å². The number of hydrogen-bond acceptors (Lipinski definition) is 3. The first-order valence-electron chi connectivity index (χ1n) is 12.4. The number of carbonyl (C=O) groups is 2. The number of nitrogens with one attached hydrogen (secondary N) is 1. The molecule has 0 saturated carbocycles. The lowest BCUT2D eigenvalue weighted by atomic mass is 10.1. The number of aromatic nitrogens is 2. The number of amides is 2. The lowest BCUT2D eigenvalue weighted by Gasteiger charge is -2.24. The predicted molar refractivity (Wildman–Crippen MR) is 154 cm³/mol. The molecule has 0 spiro atoms. The SMILES string of the molecule is Cc1ccc(-n2nc(-c3ccccc3)cc2NC(=O)CN(CC(C)C)C(=O)c2ccc(Cl)c(Cl)c2)c(C)c1. The van der Waals surface area contributed by atoms with Crippen molar-refractivity contribution in [2.45, 2.75) is 27.7 Å². The maximum Gasteiger partial charge on any atom is 0.254 e. The van der Waals surface area contributed by atoms with Crippen LogP contribution in [0.5, 0.6) is 0 Å². The third kappa shape index (κ3) is 6.44. The van der Waals surface area contributed by atoms with Crippen LogP contribution in [-0.2, 0) is 4.79 Å². The van der Waals surface area contributed by atoms with Crippen LogP contribution in [-0.4, -0.2) is 39.6 Å². The second-order valence-electron chi connectivity index (χ2n) is 9.74. The van der Waals surface area contributed by atoms with Crippen LogP contribution in [0.4, 0.5) is 5.82 Å². The summed E-state index contributed by atoms with van der Waals surface area (Å²) in [5.41, 5.74) is 5.06. The Morgan fingerprint density at radius 2 is 1.68 bits per heavy atom. The van der Waals surface area contributed by atoms with Crippen molar-refractivity contribution in [2.75, 3.05) is 18.4 Å². The van der Waals surface area contributed by atoms with Crippen LogP contribution in [0.15, 0.2) is 72.8 Å². The monoisotopic (exact) mass is 548 g/mol. The van der Waals surface area contributed by atoms with E-state index in [1.807, 2.05) is 76.2 Å². The molecule has 0 aliphatic heterocycles. The van der Waals surface area contributed by atoms with Crippen molar-refractivity contribution in [1.29, 1.82) is 0 Å². The van der Waals surface area contributed by atoms with Gasteiger partial charge in [-0.2, -0.15) is 5.10 Å². The second-order valence-corrected chi connectivity index (χ2v) is 10.6. The fraction of sp³-hybridized carbons (Fsp3) is 0.233. The molecule has 1 heterocycles. The zero-order valence-electron chi connectivity index (χ0n) is 21.8. The Kier molecular flexibility index (Phi) is 8.55. The zero-order chi connectivity index (χ0) is 27.4. The molecule has 0 unspecified atom stereocenters. The number of rotatable bonds is 8. The van der Waals surface area contributed by atoms with E-state index in [0.29, 0.717) is 22.9 Å². The molecule has 0 atom stereocenters. The van der Waals surface area contributed by atoms with E-state index >= 15 is 0 Å². The van der Waals surface area contributed by atoms with E-state index in [0.717, 1.165) is 28.1 Å². The zero-order valence-corrected chi connectivity index (χ0v) is 23.3. The Labute approximate surface area is 233 Å². The number of benzene rings is 3. The van der Waals surface area contributed by atoms with Gasteiger partial charge in [-0.1, -0.05) is 85.1 Å². The summed E-state index contributed by atoms with van der Waals surface area (Å²) in [6.07, 6.45) is 0. The number of aryl methyl sites for hydroxylation is 2. The van der Waals surface area contributed by atoms with Gasteiger partial charge in [0.1, 0.15) is 12.4 Å². The quantitative estimate of drug-likeness (QED) is 0.253. The molecule has 4 aromatic rings. The molecule has 196 valence electrons. The Hall–Kier alpha value is -3.61. The molecule has 1 N–H and O–H groups in total. The molecule has 8 heteroatoms. The molecule has 0 bridgehead atoms. The minimum Gasteiger partial charge on any atom is -0.329 e. The van der Waals surface area contributed by atoms with Gasteiger partial charge in [-0.15, -0.1) is 0 Å². The van der Waals surface area contributed by atoms with E-state index in [1.54, 1.807) is 16.8 Å². The van der Waals surface area contributed by atoms with Crippen molar-refractivity contribution in [3.63, 3.8) is 0 Å². The highest BCUT2D eigenvalue weighted by Crippen LogP contribution is 2.27. The third-order valence-corrected chi connectivity index (χ3v) is 6.74. The lowest BCUT2D eigenvalue weighted by Crippen LogP contribution is -2.40. The standard InChI is InChI=1S/C30H30Cl2N4O2/c1-19(2)17-35(30(38)23-11-12-24(31)25(32)15-23)18-29(37)33-28-16-26(22-8-6-5-7-9-22)34-36(28)27-13-10-20(3)14-21(27)4/h5-16,19H,17-18H2,1-4H3,(H,33,37). The number of halogens is 2. The highest BCUT2D eigenvalue weighted by atomic mass is 35.5. The van der Waals surface area contributed by atoms with Gasteiger partial charge >= 0.3 is 0 Å². The molecule has 2 amide bonds. The van der Waals surface area contributed by atoms with Gasteiger partial charge in [0.05, 0.1) is 21.4 Å². The minimum atomic E-state index is -0.329. The number of hydrogen-bond donors (Lipinski definition) is 1. The summed E-state index contributed by atoms with van der Waals surface area (Å²) in [6, 6.07) is 22.4. The Balaban J connectivity index is 1.64. The van der Waals surface area contributed by atoms with Crippen molar-refractivity contribution in [3.05, 3.63) is 99.5 Å². The Morgan fingerprint density at radius 1 is 0.947 bits per heavy atom. The molecular weight excluding hydrogens is 519 g/mol. The molecule has 4 rings (SSSR count). The normalized spacial score (nSPS) is 11.0. The van der Waals surface area contributed by atoms with E-state index in [1.165, 1.54) is 11.0 Å². The van der Waals surface area contributed by atoms with Crippen LogP contribution >= 0.6 is 23.2 Å². The average Bonchev–Trinajstić information content (AvgIpc) is 3.28. The number of anilines is 1. The first-order valence-corrected chi connectivity index (χ1v) is 13.1. The molecule has 0 fully saturated rings. The largest absolute Gasteiger partial charge is 0.329 e. The van der Waals surface area contributed by atoms with Gasteiger partial charge in [0.15, 0.2) is 0 Å². The van der Waals surface area contributed by atoms with Gasteiger partial charge in [-0.3, -0.25) is 9.59 Å². The van der Waals surface area contributed by atoms with Crippen molar-refractivity contribution < 1.29 is 9.59 Å². The molecular formula is C30H30Cl2N4O2. The van der Waals surface area contributed by atoms with Gasteiger partial charge < -0.3 is 10.2 Å². The van der Waals surface area contributed by atoms with Crippen LogP contribution in [0.1, 0.15) is 35.3 Å². The van der Waals surface area contributed by atoms with Crippen LogP contribution in [0.2, 0.25) is 10.0 Å². The molecule has 3 aromatic carbocycles. The fourth-order valence-electron chi connectivity index (χ4n) is 4.27. The topological polar surface area (TPSA) is 67.2 Å². The van der Waals surface area contributed by atoms with Gasteiger partial charge in [-0.25, -0.2) is 4.68 Å². The summed E-state index contributed by atoms with van der Waals surface area (Å²) in [5.74, 6) is 0.0529. The summed E-state index contributed by atoms with van der Waals surface area (Å²) >= 11 is 12.2. The smallest absolute Gasteiger partial charge is 0.254 e. The highest BCUT2D eigenvalue weighted by Gasteiger charge is 2.22. The molecule has 0 aliphatic carbocycles. The van der Waals surface area contributed by atoms with Gasteiger partial charge in [0.2, 0.25) is 5.91 Å². The van der Waals surface area contributed by atoms with E-state index in [4.69, 9.17) is 28.3 Å². The highest BCUT2D eigenvalue weighted by molar-refractivity contribution is 6.42. The minimum absolute atomic E-state index is 0.129. The number of nitrogens with zero attached hydrogens (tertiary/aromatic N) is 3. The van der Waals surface area contributed by atoms with Crippen LogP contribution < -0.4 is 5.32 Å². The van der Waals surface area contributed by atoms with Crippen molar-refractivity contribution >= 4 is 40.8 Å². The molecule has 38 heavy (non-hydrogen) atoms. The Bertz CT molecular complexity index is 1460. The summed E-state index contributed by atoms with van der Waals surface area (Å²) in [6.45, 7) is 8.31. The molecule has 0 radical (unpaired) electrons. The fourth-order valence-corrected chi connectivity index (χ4v) is 4.57. The molecule has 0 saturated heterocycles. The van der Waals surface area contributed by atoms with Crippen molar-refractivity contribution in [2.24, 2.45) is 5.92 Å². The molecule has 6 nitrogen and oxygen atoms in total. The third-order valence-electron chi connectivity index (χ3n) is 6.00. The van der Waals surface area contributed by atoms with Crippen molar-refractivity contribution in [1.82, 2.24) is 14.7 Å². The van der Waals surface area contributed by atoms with Gasteiger partial charge in [0, 0.05) is 23.7 Å². The summed E-state index contributed by atoms with van der Waals surface area (Å²) in [5, 5.41) is 8.46. The summed E-state index contributed by atoms with van der Waals surface area (Å²) in [4.78, 5) is 28.2. The van der Waals surface area contributed by atoms with Crippen LogP contribution in [0.3, 0.4) is 0 Å². The summed E-state index contributed by atoms with van der Waals surface area (Å²) < 4.78 is 1.74. The predicted octanol–water partition coefficient (Wildman–Crippen LogP) is 7.20. The van der Waals surface area contributed by atoms with Gasteiger partial charge in [0.25, 0.3) is 5.91 Å². The van der Waals surface area contributed by atoms with E-state index in [-0.39, 0.29) is 29.3 Å². The first-order chi connectivity index (χ1) is 18.1. The van der Waals surface area contributed by atoms with E-state index in [9.17, 15) is 9.59 Å². The first kappa shape index (κ1) is 27.4. The van der Waals surface area contributed by atoms with Crippen molar-refractivity contribution in [3.8, 4) is 16.9 Å². The number of carbonyl (C=O) groups excluding carboxylic acids is 2.